The number of carboxylic acids is 1. The van der Waals surface area contributed by atoms with Crippen molar-refractivity contribution in [3.63, 3.8) is 0 Å². The second-order valence-electron chi connectivity index (χ2n) is 4.86. The van der Waals surface area contributed by atoms with E-state index in [2.05, 4.69) is 5.32 Å². The summed E-state index contributed by atoms with van der Waals surface area (Å²) < 4.78 is 13.7. The summed E-state index contributed by atoms with van der Waals surface area (Å²) in [5.74, 6) is -2.22. The first-order valence-corrected chi connectivity index (χ1v) is 6.49. The van der Waals surface area contributed by atoms with E-state index >= 15 is 0 Å². The summed E-state index contributed by atoms with van der Waals surface area (Å²) >= 11 is 0. The number of urea groups is 1. The second kappa shape index (κ2) is 6.22. The first kappa shape index (κ1) is 14.8. The van der Waals surface area contributed by atoms with Crippen LogP contribution in [0.25, 0.3) is 0 Å². The number of benzene rings is 1. The normalized spacial score (nSPS) is 17.9. The third-order valence-corrected chi connectivity index (χ3v) is 3.40. The van der Waals surface area contributed by atoms with Gasteiger partial charge in [-0.25, -0.2) is 9.18 Å². The molecule has 0 aromatic heterocycles. The van der Waals surface area contributed by atoms with Crippen LogP contribution in [0.4, 0.5) is 14.9 Å². The lowest BCUT2D eigenvalue weighted by Crippen LogP contribution is -2.44. The van der Waals surface area contributed by atoms with Crippen LogP contribution < -0.4 is 5.32 Å². The molecule has 1 aromatic carbocycles. The molecule has 1 atom stereocenters. The lowest BCUT2D eigenvalue weighted by Gasteiger charge is -2.30. The van der Waals surface area contributed by atoms with Crippen molar-refractivity contribution in [2.75, 3.05) is 18.4 Å². The molecule has 0 unspecified atom stereocenters. The molecule has 0 radical (unpaired) electrons. The molecule has 110 valence electrons. The van der Waals surface area contributed by atoms with E-state index in [-0.39, 0.29) is 17.8 Å². The van der Waals surface area contributed by atoms with Crippen LogP contribution in [-0.2, 0) is 4.79 Å². The number of rotatable bonds is 2. The third kappa shape index (κ3) is 3.48. The fourth-order valence-electron chi connectivity index (χ4n) is 2.24. The number of carbonyl (C=O) groups is 2. The molecule has 2 N–H and O–H groups in total. The predicted octanol–water partition coefficient (Wildman–Crippen LogP) is 2.03. The Kier molecular flexibility index (Phi) is 4.38. The van der Waals surface area contributed by atoms with Gasteiger partial charge in [-0.2, -0.15) is 5.26 Å². The van der Waals surface area contributed by atoms with Crippen molar-refractivity contribution in [1.29, 1.82) is 5.26 Å². The molecule has 7 heteroatoms. The van der Waals surface area contributed by atoms with Gasteiger partial charge in [-0.15, -0.1) is 0 Å². The molecule has 1 aliphatic rings. The van der Waals surface area contributed by atoms with Gasteiger partial charge >= 0.3 is 12.0 Å². The molecule has 0 bridgehead atoms. The lowest BCUT2D eigenvalue weighted by molar-refractivity contribution is -0.143. The van der Waals surface area contributed by atoms with Gasteiger partial charge in [-0.05, 0) is 31.0 Å². The molecule has 0 saturated carbocycles. The Morgan fingerprint density at radius 2 is 2.24 bits per heavy atom. The highest BCUT2D eigenvalue weighted by Crippen LogP contribution is 2.20. The maximum absolute atomic E-state index is 13.7. The van der Waals surface area contributed by atoms with E-state index in [0.717, 1.165) is 6.07 Å². The molecular weight excluding hydrogens is 277 g/mol. The zero-order chi connectivity index (χ0) is 15.4. The molecule has 0 spiro atoms. The van der Waals surface area contributed by atoms with Gasteiger partial charge < -0.3 is 15.3 Å². The Labute approximate surface area is 120 Å². The zero-order valence-corrected chi connectivity index (χ0v) is 11.2. The number of likely N-dealkylation sites (tertiary alicyclic amines) is 1. The van der Waals surface area contributed by atoms with E-state index in [4.69, 9.17) is 10.4 Å². The van der Waals surface area contributed by atoms with Gasteiger partial charge in [-0.1, -0.05) is 0 Å². The molecule has 1 aliphatic heterocycles. The van der Waals surface area contributed by atoms with Crippen LogP contribution in [0.2, 0.25) is 0 Å². The van der Waals surface area contributed by atoms with Crippen molar-refractivity contribution in [3.05, 3.63) is 29.6 Å². The Bertz CT molecular complexity index is 612. The van der Waals surface area contributed by atoms with Gasteiger partial charge in [0.1, 0.15) is 5.82 Å². The maximum Gasteiger partial charge on any atom is 0.321 e. The van der Waals surface area contributed by atoms with Gasteiger partial charge in [0.15, 0.2) is 0 Å². The smallest absolute Gasteiger partial charge is 0.321 e. The minimum Gasteiger partial charge on any atom is -0.481 e. The largest absolute Gasteiger partial charge is 0.481 e. The van der Waals surface area contributed by atoms with Crippen LogP contribution >= 0.6 is 0 Å². The summed E-state index contributed by atoms with van der Waals surface area (Å²) in [5, 5.41) is 20.0. The molecule has 1 heterocycles. The third-order valence-electron chi connectivity index (χ3n) is 3.40. The number of carbonyl (C=O) groups excluding carboxylic acids is 1. The Morgan fingerprint density at radius 1 is 1.48 bits per heavy atom. The maximum atomic E-state index is 13.7. The average molecular weight is 291 g/mol. The van der Waals surface area contributed by atoms with Crippen LogP contribution in [0.3, 0.4) is 0 Å². The number of piperidine rings is 1. The van der Waals surface area contributed by atoms with Crippen molar-refractivity contribution < 1.29 is 19.1 Å². The Morgan fingerprint density at radius 3 is 2.86 bits per heavy atom. The molecule has 21 heavy (non-hydrogen) atoms. The summed E-state index contributed by atoms with van der Waals surface area (Å²) in [5.41, 5.74) is 0.130. The quantitative estimate of drug-likeness (QED) is 0.871. The van der Waals surface area contributed by atoms with Crippen molar-refractivity contribution in [2.24, 2.45) is 5.92 Å². The van der Waals surface area contributed by atoms with E-state index in [1.807, 2.05) is 0 Å². The van der Waals surface area contributed by atoms with Gasteiger partial charge in [0.25, 0.3) is 0 Å². The first-order chi connectivity index (χ1) is 10.0. The summed E-state index contributed by atoms with van der Waals surface area (Å²) in [6, 6.07) is 5.01. The first-order valence-electron chi connectivity index (χ1n) is 6.49. The van der Waals surface area contributed by atoms with Crippen molar-refractivity contribution in [3.8, 4) is 6.07 Å². The van der Waals surface area contributed by atoms with Crippen molar-refractivity contribution >= 4 is 17.7 Å². The number of halogens is 1. The minimum atomic E-state index is -0.933. The van der Waals surface area contributed by atoms with Crippen LogP contribution in [-0.4, -0.2) is 35.1 Å². The number of aliphatic carboxylic acids is 1. The summed E-state index contributed by atoms with van der Waals surface area (Å²) in [6.07, 6.45) is 1.13. The van der Waals surface area contributed by atoms with E-state index in [0.29, 0.717) is 19.4 Å². The monoisotopic (exact) mass is 291 g/mol. The summed E-state index contributed by atoms with van der Waals surface area (Å²) in [6.45, 7) is 0.548. The Hall–Kier alpha value is -2.62. The lowest BCUT2D eigenvalue weighted by atomic mass is 9.99. The number of hydrogen-bond acceptors (Lipinski definition) is 3. The number of nitrogens with one attached hydrogen (secondary N) is 1. The molecule has 2 amide bonds. The number of hydrogen-bond donors (Lipinski definition) is 2. The average Bonchev–Trinajstić information content (AvgIpc) is 2.49. The van der Waals surface area contributed by atoms with E-state index in [9.17, 15) is 14.0 Å². The number of anilines is 1. The van der Waals surface area contributed by atoms with Crippen molar-refractivity contribution in [1.82, 2.24) is 4.90 Å². The van der Waals surface area contributed by atoms with Crippen LogP contribution in [0.15, 0.2) is 18.2 Å². The second-order valence-corrected chi connectivity index (χ2v) is 4.86. The number of nitriles is 1. The zero-order valence-electron chi connectivity index (χ0n) is 11.2. The highest BCUT2D eigenvalue weighted by atomic mass is 19.1. The molecule has 1 saturated heterocycles. The highest BCUT2D eigenvalue weighted by molar-refractivity contribution is 5.90. The van der Waals surface area contributed by atoms with E-state index in [1.165, 1.54) is 17.0 Å². The molecule has 6 nitrogen and oxygen atoms in total. The summed E-state index contributed by atoms with van der Waals surface area (Å²) in [7, 11) is 0. The van der Waals surface area contributed by atoms with Crippen molar-refractivity contribution in [2.45, 2.75) is 12.8 Å². The van der Waals surface area contributed by atoms with Crippen LogP contribution in [0, 0.1) is 23.1 Å². The van der Waals surface area contributed by atoms with Crippen LogP contribution in [0.5, 0.6) is 0 Å². The van der Waals surface area contributed by atoms with Gasteiger partial charge in [-0.3, -0.25) is 4.79 Å². The molecule has 1 aromatic rings. The summed E-state index contributed by atoms with van der Waals surface area (Å²) in [4.78, 5) is 24.4. The van der Waals surface area contributed by atoms with E-state index < -0.39 is 23.7 Å². The number of amides is 2. The van der Waals surface area contributed by atoms with Gasteiger partial charge in [0.2, 0.25) is 0 Å². The fraction of sp³-hybridized carbons (Fsp3) is 0.357. The molecule has 1 fully saturated rings. The number of nitrogens with zero attached hydrogens (tertiary/aromatic N) is 2. The fourth-order valence-corrected chi connectivity index (χ4v) is 2.24. The standard InChI is InChI=1S/C14H14FN3O3/c15-11-6-9(7-16)3-4-12(11)17-14(21)18-5-1-2-10(8-18)13(19)20/h3-4,6,10H,1-2,5,8H2,(H,17,21)(H,19,20)/t10-/m1/s1. The highest BCUT2D eigenvalue weighted by Gasteiger charge is 2.28. The molecule has 0 aliphatic carbocycles. The predicted molar refractivity (Wildman–Crippen MR) is 72.1 cm³/mol. The van der Waals surface area contributed by atoms with Gasteiger partial charge in [0, 0.05) is 13.1 Å². The minimum absolute atomic E-state index is 0.0311. The SMILES string of the molecule is N#Cc1ccc(NC(=O)N2CCC[C@@H](C(=O)O)C2)c(F)c1. The van der Waals surface area contributed by atoms with Crippen LogP contribution in [0.1, 0.15) is 18.4 Å². The number of carboxylic acid groups (broad SMARTS) is 1. The molecular formula is C14H14FN3O3. The topological polar surface area (TPSA) is 93.4 Å². The van der Waals surface area contributed by atoms with E-state index in [1.54, 1.807) is 6.07 Å². The molecule has 2 rings (SSSR count). The Balaban J connectivity index is 2.04. The van der Waals surface area contributed by atoms with Gasteiger partial charge in [0.05, 0.1) is 23.2 Å².